The Morgan fingerprint density at radius 1 is 0.812 bits per heavy atom. The van der Waals surface area contributed by atoms with Crippen LogP contribution in [0.15, 0.2) is 0 Å². The number of rotatable bonds is 17. The van der Waals surface area contributed by atoms with Crippen molar-refractivity contribution in [1.82, 2.24) is 10.6 Å². The lowest BCUT2D eigenvalue weighted by Gasteiger charge is -2.25. The second-order valence-corrected chi connectivity index (χ2v) is 10.2. The highest BCUT2D eigenvalue weighted by molar-refractivity contribution is 5.89. The molecule has 0 spiro atoms. The molecule has 2 amide bonds. The summed E-state index contributed by atoms with van der Waals surface area (Å²) in [5.41, 5.74) is -0.679. The summed E-state index contributed by atoms with van der Waals surface area (Å²) in [5, 5.41) is 14.7. The summed E-state index contributed by atoms with van der Waals surface area (Å²) in [6, 6.07) is -1.79. The topological polar surface area (TPSA) is 105 Å². The van der Waals surface area contributed by atoms with Crippen LogP contribution in [0.2, 0.25) is 0 Å². The number of hydrogen-bond donors (Lipinski definition) is 3. The molecule has 0 aromatic rings. The summed E-state index contributed by atoms with van der Waals surface area (Å²) in [5.74, 6) is -1.38. The molecule has 3 N–H and O–H groups in total. The lowest BCUT2D eigenvalue weighted by molar-refractivity contribution is -0.142. The van der Waals surface area contributed by atoms with Gasteiger partial charge in [-0.25, -0.2) is 9.59 Å². The summed E-state index contributed by atoms with van der Waals surface area (Å²) in [7, 11) is 0. The second-order valence-electron chi connectivity index (χ2n) is 10.2. The van der Waals surface area contributed by atoms with Crippen LogP contribution < -0.4 is 10.6 Å². The zero-order chi connectivity index (χ0) is 24.6. The predicted octanol–water partition coefficient (Wildman–Crippen LogP) is 5.81. The monoisotopic (exact) mass is 456 g/mol. The maximum atomic E-state index is 12.7. The average molecular weight is 457 g/mol. The number of carboxylic acids is 1. The maximum absolute atomic E-state index is 12.7. The Bertz CT molecular complexity index is 543. The van der Waals surface area contributed by atoms with Crippen molar-refractivity contribution in [3.05, 3.63) is 0 Å². The van der Waals surface area contributed by atoms with Crippen LogP contribution in [-0.4, -0.2) is 40.8 Å². The minimum Gasteiger partial charge on any atom is -0.480 e. The molecule has 7 nitrogen and oxygen atoms in total. The highest BCUT2D eigenvalue weighted by Gasteiger charge is 2.28. The van der Waals surface area contributed by atoms with E-state index in [1.165, 1.54) is 44.9 Å². The van der Waals surface area contributed by atoms with Gasteiger partial charge in [0.25, 0.3) is 0 Å². The van der Waals surface area contributed by atoms with E-state index in [-0.39, 0.29) is 5.92 Å². The van der Waals surface area contributed by atoms with E-state index < -0.39 is 35.7 Å². The van der Waals surface area contributed by atoms with Gasteiger partial charge in [0.2, 0.25) is 5.91 Å². The first kappa shape index (κ1) is 30.2. The lowest BCUT2D eigenvalue weighted by Crippen LogP contribution is -2.52. The third-order valence-electron chi connectivity index (χ3n) is 5.18. The van der Waals surface area contributed by atoms with Crippen LogP contribution in [0, 0.1) is 5.92 Å². The zero-order valence-electron chi connectivity index (χ0n) is 21.3. The molecule has 0 aromatic heterocycles. The van der Waals surface area contributed by atoms with Gasteiger partial charge < -0.3 is 20.5 Å². The van der Waals surface area contributed by atoms with Gasteiger partial charge in [-0.3, -0.25) is 4.79 Å². The number of ether oxygens (including phenoxy) is 1. The van der Waals surface area contributed by atoms with Crippen molar-refractivity contribution in [2.75, 3.05) is 0 Å². The minimum absolute atomic E-state index is 0.144. The summed E-state index contributed by atoms with van der Waals surface area (Å²) in [6.45, 7) is 11.3. The number of hydrogen-bond acceptors (Lipinski definition) is 4. The molecule has 0 rings (SSSR count). The molecule has 0 heterocycles. The van der Waals surface area contributed by atoms with E-state index in [2.05, 4.69) is 17.6 Å². The second kappa shape index (κ2) is 16.8. The number of carboxylic acid groups (broad SMARTS) is 1. The van der Waals surface area contributed by atoms with Gasteiger partial charge in [0.15, 0.2) is 0 Å². The Morgan fingerprint density at radius 2 is 1.31 bits per heavy atom. The zero-order valence-corrected chi connectivity index (χ0v) is 21.3. The van der Waals surface area contributed by atoms with Crippen molar-refractivity contribution in [1.29, 1.82) is 0 Å². The normalized spacial score (nSPS) is 13.5. The van der Waals surface area contributed by atoms with Crippen LogP contribution in [0.1, 0.15) is 119 Å². The first-order valence-electron chi connectivity index (χ1n) is 12.5. The Morgan fingerprint density at radius 3 is 1.75 bits per heavy atom. The van der Waals surface area contributed by atoms with Crippen molar-refractivity contribution < 1.29 is 24.2 Å². The Balaban J connectivity index is 4.48. The Hall–Kier alpha value is -1.79. The number of aliphatic carboxylic acids is 1. The fraction of sp³-hybridized carbons (Fsp3) is 0.880. The summed E-state index contributed by atoms with van der Waals surface area (Å²) in [4.78, 5) is 36.5. The minimum atomic E-state index is -1.05. The SMILES string of the molecule is CCCCCCCCCCCC[C@H](NC(=O)[C@H](CC(C)C)NC(=O)OC(C)(C)C)C(=O)O. The van der Waals surface area contributed by atoms with Crippen LogP contribution in [0.4, 0.5) is 4.79 Å². The first-order chi connectivity index (χ1) is 15.0. The van der Waals surface area contributed by atoms with E-state index in [1.54, 1.807) is 20.8 Å². The molecule has 0 saturated carbocycles. The number of alkyl carbamates (subject to hydrolysis) is 1. The van der Waals surface area contributed by atoms with Gasteiger partial charge in [-0.05, 0) is 39.5 Å². The van der Waals surface area contributed by atoms with Gasteiger partial charge in [0.1, 0.15) is 17.7 Å². The van der Waals surface area contributed by atoms with E-state index >= 15 is 0 Å². The molecule has 0 aliphatic rings. The summed E-state index contributed by atoms with van der Waals surface area (Å²) < 4.78 is 5.24. The molecular weight excluding hydrogens is 408 g/mol. The Labute approximate surface area is 195 Å². The van der Waals surface area contributed by atoms with Gasteiger partial charge in [-0.2, -0.15) is 0 Å². The molecule has 0 bridgehead atoms. The maximum Gasteiger partial charge on any atom is 0.408 e. The molecule has 0 saturated heterocycles. The van der Waals surface area contributed by atoms with Gasteiger partial charge in [0, 0.05) is 0 Å². The third kappa shape index (κ3) is 16.8. The highest BCUT2D eigenvalue weighted by Crippen LogP contribution is 2.13. The molecule has 0 aromatic carbocycles. The van der Waals surface area contributed by atoms with Gasteiger partial charge >= 0.3 is 12.1 Å². The van der Waals surface area contributed by atoms with Crippen LogP contribution >= 0.6 is 0 Å². The fourth-order valence-corrected chi connectivity index (χ4v) is 3.52. The Kier molecular flexibility index (Phi) is 15.8. The number of nitrogens with one attached hydrogen (secondary N) is 2. The number of carbonyl (C=O) groups excluding carboxylic acids is 2. The van der Waals surface area contributed by atoms with E-state index in [0.29, 0.717) is 12.8 Å². The van der Waals surface area contributed by atoms with E-state index in [9.17, 15) is 19.5 Å². The molecule has 32 heavy (non-hydrogen) atoms. The molecule has 0 aliphatic heterocycles. The van der Waals surface area contributed by atoms with Crippen LogP contribution in [0.5, 0.6) is 0 Å². The fourth-order valence-electron chi connectivity index (χ4n) is 3.52. The molecule has 7 heteroatoms. The smallest absolute Gasteiger partial charge is 0.408 e. The van der Waals surface area contributed by atoms with Gasteiger partial charge in [0.05, 0.1) is 0 Å². The number of amides is 2. The quantitative estimate of drug-likeness (QED) is 0.240. The average Bonchev–Trinajstić information content (AvgIpc) is 2.65. The van der Waals surface area contributed by atoms with E-state index in [1.807, 2.05) is 13.8 Å². The summed E-state index contributed by atoms with van der Waals surface area (Å²) in [6.07, 6.45) is 11.8. The standard InChI is InChI=1S/C25H48N2O5/c1-7-8-9-10-11-12-13-14-15-16-17-20(23(29)30)26-22(28)21(18-19(2)3)27-24(31)32-25(4,5)6/h19-21H,7-18H2,1-6H3,(H,26,28)(H,27,31)(H,29,30)/t20-,21-/m0/s1. The molecule has 2 atom stereocenters. The van der Waals surface area contributed by atoms with E-state index in [4.69, 9.17) is 4.74 Å². The first-order valence-corrected chi connectivity index (χ1v) is 12.5. The molecule has 188 valence electrons. The molecule has 0 aliphatic carbocycles. The lowest BCUT2D eigenvalue weighted by atomic mass is 10.0. The predicted molar refractivity (Wildman–Crippen MR) is 129 cm³/mol. The number of carbonyl (C=O) groups is 3. The van der Waals surface area contributed by atoms with Crippen LogP contribution in [0.25, 0.3) is 0 Å². The van der Waals surface area contributed by atoms with Crippen molar-refractivity contribution >= 4 is 18.0 Å². The van der Waals surface area contributed by atoms with Crippen molar-refractivity contribution in [3.8, 4) is 0 Å². The third-order valence-corrected chi connectivity index (χ3v) is 5.18. The molecule has 0 unspecified atom stereocenters. The molecule has 0 radical (unpaired) electrons. The van der Waals surface area contributed by atoms with Crippen LogP contribution in [0.3, 0.4) is 0 Å². The van der Waals surface area contributed by atoms with Crippen molar-refractivity contribution in [2.24, 2.45) is 5.92 Å². The highest BCUT2D eigenvalue weighted by atomic mass is 16.6. The van der Waals surface area contributed by atoms with Crippen LogP contribution in [-0.2, 0) is 14.3 Å². The van der Waals surface area contributed by atoms with Crippen molar-refractivity contribution in [2.45, 2.75) is 136 Å². The summed E-state index contributed by atoms with van der Waals surface area (Å²) >= 11 is 0. The van der Waals surface area contributed by atoms with Crippen molar-refractivity contribution in [3.63, 3.8) is 0 Å². The molecular formula is C25H48N2O5. The van der Waals surface area contributed by atoms with Gasteiger partial charge in [-0.1, -0.05) is 85.0 Å². The van der Waals surface area contributed by atoms with E-state index in [0.717, 1.165) is 19.3 Å². The largest absolute Gasteiger partial charge is 0.480 e. The van der Waals surface area contributed by atoms with Gasteiger partial charge in [-0.15, -0.1) is 0 Å². The molecule has 0 fully saturated rings. The number of unbranched alkanes of at least 4 members (excludes halogenated alkanes) is 9.